The van der Waals surface area contributed by atoms with Gasteiger partial charge in [-0.3, -0.25) is 4.79 Å². The Bertz CT molecular complexity index is 421. The first-order valence-corrected chi connectivity index (χ1v) is 6.49. The van der Waals surface area contributed by atoms with Crippen molar-refractivity contribution in [3.63, 3.8) is 0 Å². The maximum absolute atomic E-state index is 11.8. The summed E-state index contributed by atoms with van der Waals surface area (Å²) in [5.74, 6) is 0.0667. The maximum Gasteiger partial charge on any atom is 0.411 e. The van der Waals surface area contributed by atoms with Crippen molar-refractivity contribution < 1.29 is 22.7 Å². The van der Waals surface area contributed by atoms with Crippen LogP contribution in [-0.2, 0) is 22.0 Å². The van der Waals surface area contributed by atoms with E-state index in [4.69, 9.17) is 11.6 Å². The second kappa shape index (κ2) is 8.11. The number of alkyl halides is 4. The molecule has 1 aromatic rings. The van der Waals surface area contributed by atoms with Crippen LogP contribution in [0.5, 0.6) is 0 Å². The smallest absolute Gasteiger partial charge is 0.372 e. The molecule has 0 saturated carbocycles. The van der Waals surface area contributed by atoms with Crippen LogP contribution in [0.1, 0.15) is 17.5 Å². The number of benzene rings is 1. The second-order valence-electron chi connectivity index (χ2n) is 4.14. The van der Waals surface area contributed by atoms with Gasteiger partial charge in [-0.1, -0.05) is 24.3 Å². The van der Waals surface area contributed by atoms with E-state index >= 15 is 0 Å². The van der Waals surface area contributed by atoms with E-state index < -0.39 is 12.8 Å². The lowest BCUT2D eigenvalue weighted by Gasteiger charge is -2.08. The van der Waals surface area contributed by atoms with Gasteiger partial charge in [0.15, 0.2) is 0 Å². The highest BCUT2D eigenvalue weighted by molar-refractivity contribution is 6.17. The first-order valence-electron chi connectivity index (χ1n) is 5.95. The van der Waals surface area contributed by atoms with Crippen molar-refractivity contribution in [3.05, 3.63) is 35.4 Å². The predicted octanol–water partition coefficient (Wildman–Crippen LogP) is 3.01. The third-order valence-electron chi connectivity index (χ3n) is 2.41. The van der Waals surface area contributed by atoms with E-state index in [1.165, 1.54) is 0 Å². The number of halogens is 4. The lowest BCUT2D eigenvalue weighted by Crippen LogP contribution is -2.25. The summed E-state index contributed by atoms with van der Waals surface area (Å²) >= 11 is 5.65. The average molecular weight is 310 g/mol. The Hall–Kier alpha value is -1.27. The molecular formula is C13H15ClF3NO2. The molecule has 1 rings (SSSR count). The lowest BCUT2D eigenvalue weighted by atomic mass is 10.1. The summed E-state index contributed by atoms with van der Waals surface area (Å²) < 4.78 is 39.7. The summed E-state index contributed by atoms with van der Waals surface area (Å²) in [5.41, 5.74) is 1.87. The Morgan fingerprint density at radius 1 is 1.20 bits per heavy atom. The third-order valence-corrected chi connectivity index (χ3v) is 2.71. The Balaban J connectivity index is 2.19. The molecule has 0 atom stereocenters. The number of carbonyl (C=O) groups is 1. The summed E-state index contributed by atoms with van der Waals surface area (Å²) in [5, 5.41) is 2.60. The normalized spacial score (nSPS) is 11.4. The minimum absolute atomic E-state index is 0.101. The van der Waals surface area contributed by atoms with E-state index in [-0.39, 0.29) is 18.9 Å². The van der Waals surface area contributed by atoms with Crippen LogP contribution in [0, 0.1) is 0 Å². The Morgan fingerprint density at radius 2 is 1.80 bits per heavy atom. The Labute approximate surface area is 120 Å². The lowest BCUT2D eigenvalue weighted by molar-refractivity contribution is -0.174. The summed E-state index contributed by atoms with van der Waals surface area (Å²) in [4.78, 5) is 11.4. The molecule has 0 bridgehead atoms. The van der Waals surface area contributed by atoms with Crippen LogP contribution in [0.3, 0.4) is 0 Å². The highest BCUT2D eigenvalue weighted by Crippen LogP contribution is 2.14. The number of ether oxygens (including phenoxy) is 1. The van der Waals surface area contributed by atoms with Crippen LogP contribution < -0.4 is 5.32 Å². The van der Waals surface area contributed by atoms with Crippen LogP contribution in [0.25, 0.3) is 0 Å². The number of hydrogen-bond donors (Lipinski definition) is 1. The molecule has 0 unspecified atom stereocenters. The first-order chi connectivity index (χ1) is 9.40. The molecule has 112 valence electrons. The zero-order valence-electron chi connectivity index (χ0n) is 10.7. The molecule has 1 N–H and O–H groups in total. The highest BCUT2D eigenvalue weighted by Gasteiger charge is 2.27. The topological polar surface area (TPSA) is 38.3 Å². The molecule has 0 heterocycles. The fourth-order valence-corrected chi connectivity index (χ4v) is 1.57. The van der Waals surface area contributed by atoms with Crippen LogP contribution in [-0.4, -0.2) is 25.3 Å². The van der Waals surface area contributed by atoms with Crippen molar-refractivity contribution in [2.24, 2.45) is 0 Å². The zero-order valence-corrected chi connectivity index (χ0v) is 11.4. The number of carbonyl (C=O) groups excluding carboxylic acids is 1. The molecule has 1 amide bonds. The van der Waals surface area contributed by atoms with Crippen molar-refractivity contribution in [3.8, 4) is 0 Å². The Kier molecular flexibility index (Phi) is 6.81. The Morgan fingerprint density at radius 3 is 2.35 bits per heavy atom. The van der Waals surface area contributed by atoms with Crippen LogP contribution in [0.15, 0.2) is 24.3 Å². The van der Waals surface area contributed by atoms with Crippen LogP contribution >= 0.6 is 11.6 Å². The fraction of sp³-hybridized carbons (Fsp3) is 0.462. The molecule has 0 spiro atoms. The van der Waals surface area contributed by atoms with E-state index in [9.17, 15) is 18.0 Å². The summed E-state index contributed by atoms with van der Waals surface area (Å²) in [7, 11) is 0. The molecule has 1 aromatic carbocycles. The van der Waals surface area contributed by atoms with Gasteiger partial charge in [-0.15, -0.1) is 11.6 Å². The zero-order chi connectivity index (χ0) is 15.0. The largest absolute Gasteiger partial charge is 0.411 e. The summed E-state index contributed by atoms with van der Waals surface area (Å²) in [6.45, 7) is -1.27. The highest BCUT2D eigenvalue weighted by atomic mass is 35.5. The maximum atomic E-state index is 11.8. The molecular weight excluding hydrogens is 295 g/mol. The van der Waals surface area contributed by atoms with Gasteiger partial charge in [0, 0.05) is 18.8 Å². The van der Waals surface area contributed by atoms with Gasteiger partial charge in [-0.2, -0.15) is 13.2 Å². The molecule has 7 heteroatoms. The molecule has 20 heavy (non-hydrogen) atoms. The summed E-state index contributed by atoms with van der Waals surface area (Å²) in [6, 6.07) is 7.36. The van der Waals surface area contributed by atoms with Gasteiger partial charge in [0.1, 0.15) is 6.61 Å². The van der Waals surface area contributed by atoms with Gasteiger partial charge in [0.2, 0.25) is 5.91 Å². The van der Waals surface area contributed by atoms with Gasteiger partial charge in [0.05, 0.1) is 6.61 Å². The molecule has 0 saturated heterocycles. The predicted molar refractivity (Wildman–Crippen MR) is 69.3 cm³/mol. The van der Waals surface area contributed by atoms with Gasteiger partial charge in [0.25, 0.3) is 0 Å². The second-order valence-corrected chi connectivity index (χ2v) is 4.41. The van der Waals surface area contributed by atoms with Crippen molar-refractivity contribution >= 4 is 17.5 Å². The average Bonchev–Trinajstić information content (AvgIpc) is 2.41. The number of amides is 1. The van der Waals surface area contributed by atoms with Gasteiger partial charge in [-0.05, 0) is 11.1 Å². The van der Waals surface area contributed by atoms with Crippen LogP contribution in [0.2, 0.25) is 0 Å². The number of nitrogens with one attached hydrogen (secondary N) is 1. The van der Waals surface area contributed by atoms with Gasteiger partial charge in [-0.25, -0.2) is 0 Å². The molecule has 0 aliphatic heterocycles. The van der Waals surface area contributed by atoms with Crippen molar-refractivity contribution in [2.45, 2.75) is 25.0 Å². The SMILES string of the molecule is O=C(CCOCC(F)(F)F)NCc1ccc(CCl)cc1. The summed E-state index contributed by atoms with van der Waals surface area (Å²) in [6.07, 6.45) is -4.46. The van der Waals surface area contributed by atoms with Crippen molar-refractivity contribution in [1.82, 2.24) is 5.32 Å². The van der Waals surface area contributed by atoms with E-state index in [0.29, 0.717) is 12.4 Å². The van der Waals surface area contributed by atoms with E-state index in [0.717, 1.165) is 11.1 Å². The number of rotatable bonds is 7. The van der Waals surface area contributed by atoms with Crippen LogP contribution in [0.4, 0.5) is 13.2 Å². The van der Waals surface area contributed by atoms with Gasteiger partial charge < -0.3 is 10.1 Å². The minimum atomic E-state index is -4.36. The fourth-order valence-electron chi connectivity index (χ4n) is 1.39. The monoisotopic (exact) mass is 309 g/mol. The van der Waals surface area contributed by atoms with E-state index in [2.05, 4.69) is 10.1 Å². The third kappa shape index (κ3) is 7.35. The molecule has 0 aromatic heterocycles. The van der Waals surface area contributed by atoms with Gasteiger partial charge >= 0.3 is 6.18 Å². The van der Waals surface area contributed by atoms with E-state index in [1.807, 2.05) is 24.3 Å². The number of hydrogen-bond acceptors (Lipinski definition) is 2. The standard InChI is InChI=1S/C13H15ClF3NO2/c14-7-10-1-3-11(4-2-10)8-18-12(19)5-6-20-9-13(15,16)17/h1-4H,5-9H2,(H,18,19). The molecule has 0 radical (unpaired) electrons. The quantitative estimate of drug-likeness (QED) is 0.621. The first kappa shape index (κ1) is 16.8. The molecule has 0 fully saturated rings. The minimum Gasteiger partial charge on any atom is -0.372 e. The van der Waals surface area contributed by atoms with E-state index in [1.54, 1.807) is 0 Å². The molecule has 0 aliphatic carbocycles. The molecule has 3 nitrogen and oxygen atoms in total. The van der Waals surface area contributed by atoms with Crippen molar-refractivity contribution in [1.29, 1.82) is 0 Å². The van der Waals surface area contributed by atoms with Crippen molar-refractivity contribution in [2.75, 3.05) is 13.2 Å². The molecule has 0 aliphatic rings.